The fourth-order valence-electron chi connectivity index (χ4n) is 2.29. The summed E-state index contributed by atoms with van der Waals surface area (Å²) in [5.41, 5.74) is 6.98. The summed E-state index contributed by atoms with van der Waals surface area (Å²) >= 11 is 0. The van der Waals surface area contributed by atoms with Gasteiger partial charge in [0.05, 0.1) is 0 Å². The van der Waals surface area contributed by atoms with E-state index in [1.165, 1.54) is 36.0 Å². The van der Waals surface area contributed by atoms with Crippen molar-refractivity contribution < 1.29 is 0 Å². The first-order valence-corrected chi connectivity index (χ1v) is 6.83. The van der Waals surface area contributed by atoms with Crippen LogP contribution in [0, 0.1) is 13.8 Å². The van der Waals surface area contributed by atoms with Crippen LogP contribution in [0.1, 0.15) is 54.8 Å². The predicted octanol–water partition coefficient (Wildman–Crippen LogP) is 3.94. The van der Waals surface area contributed by atoms with Crippen molar-refractivity contribution in [2.45, 2.75) is 52.0 Å². The van der Waals surface area contributed by atoms with Crippen LogP contribution in [0.4, 0.5) is 0 Å². The number of allylic oxidation sites excluding steroid dienone is 1. The van der Waals surface area contributed by atoms with Gasteiger partial charge in [-0.05, 0) is 49.8 Å². The molecular formula is C16H26N2. The third kappa shape index (κ3) is 4.28. The summed E-state index contributed by atoms with van der Waals surface area (Å²) < 4.78 is 0. The van der Waals surface area contributed by atoms with Crippen LogP contribution in [-0.4, -0.2) is 0 Å². The zero-order valence-corrected chi connectivity index (χ0v) is 11.7. The van der Waals surface area contributed by atoms with Crippen molar-refractivity contribution in [3.8, 4) is 0 Å². The monoisotopic (exact) mass is 246 g/mol. The Balaban J connectivity index is 2.55. The Morgan fingerprint density at radius 2 is 2.06 bits per heavy atom. The van der Waals surface area contributed by atoms with E-state index in [4.69, 9.17) is 5.84 Å². The molecule has 0 amide bonds. The number of unbranched alkanes of at least 4 members (excludes halogenated alkanes) is 3. The first kappa shape index (κ1) is 14.9. The van der Waals surface area contributed by atoms with Gasteiger partial charge >= 0.3 is 0 Å². The van der Waals surface area contributed by atoms with Crippen molar-refractivity contribution in [3.63, 3.8) is 0 Å². The summed E-state index contributed by atoms with van der Waals surface area (Å²) in [7, 11) is 0. The number of hydrazine groups is 1. The van der Waals surface area contributed by atoms with E-state index in [9.17, 15) is 0 Å². The Kier molecular flexibility index (Phi) is 6.69. The van der Waals surface area contributed by atoms with Crippen LogP contribution < -0.4 is 11.3 Å². The molecule has 18 heavy (non-hydrogen) atoms. The SMILES string of the molecule is C=CCCCCCC(NN)c1cccc(C)c1C. The maximum absolute atomic E-state index is 5.70. The molecule has 3 N–H and O–H groups in total. The zero-order chi connectivity index (χ0) is 13.4. The van der Waals surface area contributed by atoms with Crippen LogP contribution in [0.5, 0.6) is 0 Å². The third-order valence-electron chi connectivity index (χ3n) is 3.62. The average molecular weight is 246 g/mol. The lowest BCUT2D eigenvalue weighted by atomic mass is 9.94. The van der Waals surface area contributed by atoms with E-state index in [1.54, 1.807) is 0 Å². The Bertz CT molecular complexity index is 371. The first-order chi connectivity index (χ1) is 8.70. The lowest BCUT2D eigenvalue weighted by molar-refractivity contribution is 0.482. The standard InChI is InChI=1S/C16H26N2/c1-4-5-6-7-8-12-16(18-17)15-11-9-10-13(2)14(15)3/h4,9-11,16,18H,1,5-8,12,17H2,2-3H3. The molecule has 2 nitrogen and oxygen atoms in total. The summed E-state index contributed by atoms with van der Waals surface area (Å²) in [4.78, 5) is 0. The van der Waals surface area contributed by atoms with E-state index in [0.717, 1.165) is 12.8 Å². The van der Waals surface area contributed by atoms with E-state index in [0.29, 0.717) is 0 Å². The second kappa shape index (κ2) is 8.06. The van der Waals surface area contributed by atoms with Crippen molar-refractivity contribution in [1.82, 2.24) is 5.43 Å². The Morgan fingerprint density at radius 1 is 1.28 bits per heavy atom. The largest absolute Gasteiger partial charge is 0.271 e. The molecule has 1 aromatic rings. The normalized spacial score (nSPS) is 12.4. The van der Waals surface area contributed by atoms with Gasteiger partial charge in [0.15, 0.2) is 0 Å². The van der Waals surface area contributed by atoms with Crippen LogP contribution in [-0.2, 0) is 0 Å². The van der Waals surface area contributed by atoms with Crippen molar-refractivity contribution in [3.05, 3.63) is 47.5 Å². The minimum absolute atomic E-state index is 0.272. The number of benzene rings is 1. The molecule has 0 heterocycles. The highest BCUT2D eigenvalue weighted by molar-refractivity contribution is 5.35. The number of hydrogen-bond acceptors (Lipinski definition) is 2. The second-order valence-corrected chi connectivity index (χ2v) is 4.94. The minimum atomic E-state index is 0.272. The highest BCUT2D eigenvalue weighted by atomic mass is 15.2. The number of nitrogens with one attached hydrogen (secondary N) is 1. The molecule has 100 valence electrons. The molecule has 1 atom stereocenters. The molecule has 1 aromatic carbocycles. The molecule has 1 rings (SSSR count). The van der Waals surface area contributed by atoms with Gasteiger partial charge in [-0.2, -0.15) is 0 Å². The summed E-state index contributed by atoms with van der Waals surface area (Å²) in [6.07, 6.45) is 7.88. The van der Waals surface area contributed by atoms with Gasteiger partial charge in [0.2, 0.25) is 0 Å². The second-order valence-electron chi connectivity index (χ2n) is 4.94. The molecule has 1 unspecified atom stereocenters. The molecule has 0 aromatic heterocycles. The average Bonchev–Trinajstić information content (AvgIpc) is 2.38. The molecule has 0 spiro atoms. The van der Waals surface area contributed by atoms with Gasteiger partial charge in [0.1, 0.15) is 0 Å². The van der Waals surface area contributed by atoms with Crippen molar-refractivity contribution in [2.75, 3.05) is 0 Å². The van der Waals surface area contributed by atoms with Crippen LogP contribution in [0.2, 0.25) is 0 Å². The highest BCUT2D eigenvalue weighted by Gasteiger charge is 2.12. The lowest BCUT2D eigenvalue weighted by Crippen LogP contribution is -2.28. The first-order valence-electron chi connectivity index (χ1n) is 6.83. The minimum Gasteiger partial charge on any atom is -0.271 e. The van der Waals surface area contributed by atoms with E-state index >= 15 is 0 Å². The summed E-state index contributed by atoms with van der Waals surface area (Å²) in [6.45, 7) is 8.07. The molecule has 0 saturated heterocycles. The smallest absolute Gasteiger partial charge is 0.0462 e. The third-order valence-corrected chi connectivity index (χ3v) is 3.62. The fourth-order valence-corrected chi connectivity index (χ4v) is 2.29. The summed E-state index contributed by atoms with van der Waals surface area (Å²) in [6, 6.07) is 6.71. The van der Waals surface area contributed by atoms with Crippen molar-refractivity contribution >= 4 is 0 Å². The van der Waals surface area contributed by atoms with Crippen molar-refractivity contribution in [2.24, 2.45) is 5.84 Å². The molecule has 0 aliphatic carbocycles. The maximum atomic E-state index is 5.70. The molecule has 0 aliphatic rings. The number of nitrogens with two attached hydrogens (primary N) is 1. The van der Waals surface area contributed by atoms with E-state index in [2.05, 4.69) is 44.1 Å². The van der Waals surface area contributed by atoms with Gasteiger partial charge < -0.3 is 0 Å². The molecule has 0 fully saturated rings. The topological polar surface area (TPSA) is 38.0 Å². The number of rotatable bonds is 8. The highest BCUT2D eigenvalue weighted by Crippen LogP contribution is 2.24. The van der Waals surface area contributed by atoms with E-state index in [-0.39, 0.29) is 6.04 Å². The van der Waals surface area contributed by atoms with Gasteiger partial charge in [-0.1, -0.05) is 37.1 Å². The molecule has 0 radical (unpaired) electrons. The number of aryl methyl sites for hydroxylation is 1. The summed E-state index contributed by atoms with van der Waals surface area (Å²) in [5.74, 6) is 5.70. The molecule has 0 aliphatic heterocycles. The van der Waals surface area contributed by atoms with Gasteiger partial charge in [-0.15, -0.1) is 6.58 Å². The Hall–Kier alpha value is -1.12. The molecular weight excluding hydrogens is 220 g/mol. The summed E-state index contributed by atoms with van der Waals surface area (Å²) in [5, 5.41) is 0. The predicted molar refractivity (Wildman–Crippen MR) is 79.3 cm³/mol. The quantitative estimate of drug-likeness (QED) is 0.315. The lowest BCUT2D eigenvalue weighted by Gasteiger charge is -2.19. The van der Waals surface area contributed by atoms with Crippen LogP contribution >= 0.6 is 0 Å². The number of hydrogen-bond donors (Lipinski definition) is 2. The van der Waals surface area contributed by atoms with Crippen LogP contribution in [0.25, 0.3) is 0 Å². The molecule has 2 heteroatoms. The fraction of sp³-hybridized carbons (Fsp3) is 0.500. The maximum Gasteiger partial charge on any atom is 0.0462 e. The van der Waals surface area contributed by atoms with Gasteiger partial charge in [0, 0.05) is 6.04 Å². The molecule has 0 saturated carbocycles. The Labute approximate surface area is 111 Å². The van der Waals surface area contributed by atoms with Gasteiger partial charge in [-0.3, -0.25) is 11.3 Å². The van der Waals surface area contributed by atoms with Crippen LogP contribution in [0.15, 0.2) is 30.9 Å². The van der Waals surface area contributed by atoms with Gasteiger partial charge in [0.25, 0.3) is 0 Å². The van der Waals surface area contributed by atoms with Crippen LogP contribution in [0.3, 0.4) is 0 Å². The van der Waals surface area contributed by atoms with Gasteiger partial charge in [-0.25, -0.2) is 0 Å². The van der Waals surface area contributed by atoms with Crippen molar-refractivity contribution in [1.29, 1.82) is 0 Å². The van der Waals surface area contributed by atoms with E-state index in [1.807, 2.05) is 6.08 Å². The van der Waals surface area contributed by atoms with E-state index < -0.39 is 0 Å². The zero-order valence-electron chi connectivity index (χ0n) is 11.7. The molecule has 0 bridgehead atoms. The Morgan fingerprint density at radius 3 is 2.72 bits per heavy atom.